The minimum atomic E-state index is -1.01. The molecule has 0 unspecified atom stereocenters. The molecule has 74 valence electrons. The van der Waals surface area contributed by atoms with E-state index in [4.69, 9.17) is 0 Å². The molecule has 0 fully saturated rings. The third-order valence-electron chi connectivity index (χ3n) is 2.31. The van der Waals surface area contributed by atoms with Crippen LogP contribution in [0.2, 0.25) is 0 Å². The molecule has 3 N–H and O–H groups in total. The van der Waals surface area contributed by atoms with Crippen molar-refractivity contribution in [3.8, 4) is 0 Å². The van der Waals surface area contributed by atoms with Gasteiger partial charge in [-0.25, -0.2) is 0 Å². The van der Waals surface area contributed by atoms with Gasteiger partial charge >= 0.3 is 0 Å². The number of hydrogen-bond donors (Lipinski definition) is 3. The van der Waals surface area contributed by atoms with Crippen LogP contribution in [0.15, 0.2) is 24.3 Å². The second-order valence-corrected chi connectivity index (χ2v) is 3.41. The number of aliphatic hydroxyl groups is 1. The highest BCUT2D eigenvalue weighted by Gasteiger charge is 2.26. The fourth-order valence-corrected chi connectivity index (χ4v) is 1.48. The molecule has 4 nitrogen and oxygen atoms in total. The molecule has 1 aromatic rings. The highest BCUT2D eigenvalue weighted by atomic mass is 16.3. The summed E-state index contributed by atoms with van der Waals surface area (Å²) >= 11 is 0. The van der Waals surface area contributed by atoms with Crippen LogP contribution in [0, 0.1) is 0 Å². The number of benzene rings is 1. The lowest BCUT2D eigenvalue weighted by Gasteiger charge is -2.15. The van der Waals surface area contributed by atoms with Crippen LogP contribution in [0.4, 0.5) is 11.4 Å². The first-order valence-corrected chi connectivity index (χ1v) is 4.53. The van der Waals surface area contributed by atoms with Crippen molar-refractivity contribution in [1.82, 2.24) is 0 Å². The van der Waals surface area contributed by atoms with Crippen molar-refractivity contribution < 1.29 is 9.90 Å². The number of fused-ring (bicyclic) bond motifs is 1. The Kier molecular flexibility index (Phi) is 2.13. The van der Waals surface area contributed by atoms with Crippen molar-refractivity contribution in [3.63, 3.8) is 0 Å². The topological polar surface area (TPSA) is 61.4 Å². The summed E-state index contributed by atoms with van der Waals surface area (Å²) in [7, 11) is 0. The monoisotopic (exact) mass is 192 g/mol. The van der Waals surface area contributed by atoms with Crippen molar-refractivity contribution in [1.29, 1.82) is 0 Å². The first-order chi connectivity index (χ1) is 6.68. The molecule has 0 radical (unpaired) electrons. The van der Waals surface area contributed by atoms with E-state index in [2.05, 4.69) is 10.6 Å². The molecule has 0 saturated carbocycles. The lowest BCUT2D eigenvalue weighted by Crippen LogP contribution is -2.38. The second-order valence-electron chi connectivity index (χ2n) is 3.41. The smallest absolute Gasteiger partial charge is 0.255 e. The zero-order valence-corrected chi connectivity index (χ0v) is 7.82. The number of carbonyl (C=O) groups excluding carboxylic acids is 1. The second kappa shape index (κ2) is 3.31. The van der Waals surface area contributed by atoms with E-state index < -0.39 is 6.10 Å². The minimum absolute atomic E-state index is 0.279. The molecule has 0 aromatic heterocycles. The van der Waals surface area contributed by atoms with Gasteiger partial charge in [0, 0.05) is 0 Å². The summed E-state index contributed by atoms with van der Waals surface area (Å²) in [6.45, 7) is 1.77. The molecular formula is C10H12N2O2. The number of rotatable bonds is 0. The number of aliphatic hydroxyl groups excluding tert-OH is 1. The predicted molar refractivity (Wildman–Crippen MR) is 54.2 cm³/mol. The van der Waals surface area contributed by atoms with E-state index in [1.165, 1.54) is 0 Å². The lowest BCUT2D eigenvalue weighted by molar-refractivity contribution is -0.124. The molecule has 1 aliphatic rings. The van der Waals surface area contributed by atoms with Gasteiger partial charge in [0.25, 0.3) is 5.91 Å². The van der Waals surface area contributed by atoms with E-state index in [0.29, 0.717) is 5.69 Å². The highest BCUT2D eigenvalue weighted by molar-refractivity contribution is 5.99. The molecule has 0 saturated heterocycles. The molecule has 0 bridgehead atoms. The Morgan fingerprint density at radius 2 is 1.93 bits per heavy atom. The fraction of sp³-hybridized carbons (Fsp3) is 0.300. The summed E-state index contributed by atoms with van der Waals surface area (Å²) in [4.78, 5) is 11.4. The molecule has 0 spiro atoms. The fourth-order valence-electron chi connectivity index (χ4n) is 1.48. The number of nitrogens with one attached hydrogen (secondary N) is 2. The predicted octanol–water partition coefficient (Wildman–Crippen LogP) is 0.800. The van der Waals surface area contributed by atoms with Crippen LogP contribution in [-0.4, -0.2) is 23.2 Å². The number of anilines is 2. The summed E-state index contributed by atoms with van der Waals surface area (Å²) in [5.74, 6) is -0.366. The van der Waals surface area contributed by atoms with Gasteiger partial charge in [0.15, 0.2) is 6.10 Å². The van der Waals surface area contributed by atoms with Crippen LogP contribution < -0.4 is 10.6 Å². The summed E-state index contributed by atoms with van der Waals surface area (Å²) in [6, 6.07) is 7.10. The van der Waals surface area contributed by atoms with Crippen LogP contribution in [0.1, 0.15) is 6.92 Å². The average molecular weight is 192 g/mol. The first kappa shape index (κ1) is 9.02. The van der Waals surface area contributed by atoms with Crippen molar-refractivity contribution in [3.05, 3.63) is 24.3 Å². The molecule has 2 rings (SSSR count). The van der Waals surface area contributed by atoms with Gasteiger partial charge in [-0.05, 0) is 19.1 Å². The van der Waals surface area contributed by atoms with Gasteiger partial charge in [-0.1, -0.05) is 12.1 Å². The van der Waals surface area contributed by atoms with Crippen LogP contribution in [0.3, 0.4) is 0 Å². The van der Waals surface area contributed by atoms with Crippen LogP contribution in [-0.2, 0) is 4.79 Å². The maximum atomic E-state index is 11.4. The summed E-state index contributed by atoms with van der Waals surface area (Å²) < 4.78 is 0. The Hall–Kier alpha value is -1.55. The molecule has 4 heteroatoms. The van der Waals surface area contributed by atoms with Crippen LogP contribution in [0.25, 0.3) is 0 Å². The van der Waals surface area contributed by atoms with E-state index in [1.807, 2.05) is 18.2 Å². The largest absolute Gasteiger partial charge is 0.381 e. The molecule has 1 amide bonds. The molecule has 2 atom stereocenters. The number of carbonyl (C=O) groups is 1. The molecule has 0 aliphatic carbocycles. The average Bonchev–Trinajstić information content (AvgIpc) is 2.28. The Bertz CT molecular complexity index is 365. The summed E-state index contributed by atoms with van der Waals surface area (Å²) in [5.41, 5.74) is 1.55. The normalized spacial score (nSPS) is 25.7. The number of amides is 1. The molecule has 1 aromatic carbocycles. The van der Waals surface area contributed by atoms with Crippen molar-refractivity contribution in [2.75, 3.05) is 10.6 Å². The third kappa shape index (κ3) is 1.44. The Morgan fingerprint density at radius 1 is 1.29 bits per heavy atom. The van der Waals surface area contributed by atoms with E-state index in [1.54, 1.807) is 13.0 Å². The van der Waals surface area contributed by atoms with Crippen molar-refractivity contribution in [2.45, 2.75) is 19.1 Å². The summed E-state index contributed by atoms with van der Waals surface area (Å²) in [6.07, 6.45) is -1.01. The maximum Gasteiger partial charge on any atom is 0.255 e. The highest BCUT2D eigenvalue weighted by Crippen LogP contribution is 2.25. The van der Waals surface area contributed by atoms with Gasteiger partial charge in [-0.3, -0.25) is 4.79 Å². The SMILES string of the molecule is C[C@@H]1Nc2ccccc2NC(=O)[C@@H]1O. The van der Waals surface area contributed by atoms with Gasteiger partial charge < -0.3 is 15.7 Å². The van der Waals surface area contributed by atoms with Gasteiger partial charge in [0.05, 0.1) is 17.4 Å². The van der Waals surface area contributed by atoms with Gasteiger partial charge in [-0.2, -0.15) is 0 Å². The van der Waals surface area contributed by atoms with Crippen molar-refractivity contribution in [2.24, 2.45) is 0 Å². The number of para-hydroxylation sites is 2. The molecular weight excluding hydrogens is 180 g/mol. The van der Waals surface area contributed by atoms with Gasteiger partial charge in [0.2, 0.25) is 0 Å². The Labute approximate surface area is 81.9 Å². The lowest BCUT2D eigenvalue weighted by atomic mass is 10.2. The van der Waals surface area contributed by atoms with E-state index in [-0.39, 0.29) is 11.9 Å². The maximum absolute atomic E-state index is 11.4. The van der Waals surface area contributed by atoms with E-state index in [0.717, 1.165) is 5.69 Å². The van der Waals surface area contributed by atoms with Crippen LogP contribution in [0.5, 0.6) is 0 Å². The van der Waals surface area contributed by atoms with Gasteiger partial charge in [-0.15, -0.1) is 0 Å². The molecule has 1 heterocycles. The summed E-state index contributed by atoms with van der Waals surface area (Å²) in [5, 5.41) is 15.2. The van der Waals surface area contributed by atoms with E-state index >= 15 is 0 Å². The van der Waals surface area contributed by atoms with E-state index in [9.17, 15) is 9.90 Å². The van der Waals surface area contributed by atoms with Gasteiger partial charge in [0.1, 0.15) is 0 Å². The zero-order valence-electron chi connectivity index (χ0n) is 7.82. The molecule has 1 aliphatic heterocycles. The Morgan fingerprint density at radius 3 is 2.64 bits per heavy atom. The Balaban J connectivity index is 2.39. The number of hydrogen-bond acceptors (Lipinski definition) is 3. The quantitative estimate of drug-likeness (QED) is 0.569. The standard InChI is InChI=1S/C10H12N2O2/c1-6-9(13)10(14)12-8-5-3-2-4-7(8)11-6/h2-6,9,11,13H,1H3,(H,12,14)/t6-,9+/m0/s1. The first-order valence-electron chi connectivity index (χ1n) is 4.53. The zero-order chi connectivity index (χ0) is 10.1. The third-order valence-corrected chi connectivity index (χ3v) is 2.31. The molecule has 14 heavy (non-hydrogen) atoms. The van der Waals surface area contributed by atoms with Crippen molar-refractivity contribution >= 4 is 17.3 Å². The van der Waals surface area contributed by atoms with Crippen LogP contribution >= 0.6 is 0 Å². The minimum Gasteiger partial charge on any atom is -0.381 e.